The lowest BCUT2D eigenvalue weighted by Gasteiger charge is -2.39. The summed E-state index contributed by atoms with van der Waals surface area (Å²) >= 11 is 0. The summed E-state index contributed by atoms with van der Waals surface area (Å²) in [5, 5.41) is 4.32. The minimum absolute atomic E-state index is 0.120. The molecule has 2 aliphatic rings. The second-order valence-electron chi connectivity index (χ2n) is 7.28. The molecule has 2 unspecified atom stereocenters. The van der Waals surface area contributed by atoms with Crippen LogP contribution >= 0.6 is 0 Å². The third-order valence-corrected chi connectivity index (χ3v) is 5.54. The molecule has 5 atom stereocenters. The Hall–Kier alpha value is -1.86. The maximum atomic E-state index is 14.1. The van der Waals surface area contributed by atoms with Gasteiger partial charge in [0.2, 0.25) is 0 Å². The second kappa shape index (κ2) is 6.80. The first-order chi connectivity index (χ1) is 12.1. The topological polar surface area (TPSA) is 60.0 Å². The predicted molar refractivity (Wildman–Crippen MR) is 90.3 cm³/mol. The maximum Gasteiger partial charge on any atom is 0.137 e. The molecule has 25 heavy (non-hydrogen) atoms. The number of hydrogen-bond acceptors (Lipinski definition) is 4. The minimum Gasteiger partial charge on any atom is -0.326 e. The van der Waals surface area contributed by atoms with Gasteiger partial charge in [0.15, 0.2) is 0 Å². The van der Waals surface area contributed by atoms with Crippen molar-refractivity contribution >= 4 is 0 Å². The number of halogens is 2. The zero-order valence-corrected chi connectivity index (χ0v) is 14.0. The molecule has 1 aliphatic heterocycles. The molecule has 0 spiro atoms. The lowest BCUT2D eigenvalue weighted by atomic mass is 9.96. The van der Waals surface area contributed by atoms with E-state index in [2.05, 4.69) is 15.0 Å². The largest absolute Gasteiger partial charge is 0.326 e. The van der Waals surface area contributed by atoms with Crippen molar-refractivity contribution in [2.75, 3.05) is 13.1 Å². The highest BCUT2D eigenvalue weighted by molar-refractivity contribution is 5.23. The molecule has 1 saturated heterocycles. The van der Waals surface area contributed by atoms with Crippen molar-refractivity contribution in [1.29, 1.82) is 0 Å². The Balaban J connectivity index is 1.59. The maximum absolute atomic E-state index is 14.1. The van der Waals surface area contributed by atoms with Gasteiger partial charge in [-0.05, 0) is 42.9 Å². The lowest BCUT2D eigenvalue weighted by Crippen LogP contribution is -2.53. The van der Waals surface area contributed by atoms with E-state index in [1.165, 1.54) is 18.5 Å². The standard InChI is InChI=1S/C18H23F2N5/c19-14-3-1-12(2-4-14)13-5-17(18(6-13)25-11-22-10-23-25)24-8-15(20)7-16(21)9-24/h1-4,10-11,13,15-18H,5-9,21H2/t13-,15?,16?,17+,18+/m0/s1. The normalized spacial score (nSPS) is 33.6. The number of nitrogens with zero attached hydrogens (tertiary/aromatic N) is 4. The number of nitrogens with two attached hydrogens (primary N) is 1. The summed E-state index contributed by atoms with van der Waals surface area (Å²) in [7, 11) is 0. The molecule has 1 saturated carbocycles. The first-order valence-corrected chi connectivity index (χ1v) is 8.83. The molecule has 2 heterocycles. The highest BCUT2D eigenvalue weighted by Crippen LogP contribution is 2.43. The van der Waals surface area contributed by atoms with E-state index >= 15 is 0 Å². The predicted octanol–water partition coefficient (Wildman–Crippen LogP) is 2.28. The number of benzene rings is 1. The minimum atomic E-state index is -0.884. The zero-order valence-electron chi connectivity index (χ0n) is 14.0. The van der Waals surface area contributed by atoms with Crippen LogP contribution in [0.5, 0.6) is 0 Å². The van der Waals surface area contributed by atoms with Gasteiger partial charge in [-0.15, -0.1) is 0 Å². The fourth-order valence-electron chi connectivity index (χ4n) is 4.44. The van der Waals surface area contributed by atoms with E-state index in [1.807, 2.05) is 16.8 Å². The molecule has 134 valence electrons. The first-order valence-electron chi connectivity index (χ1n) is 8.83. The molecule has 2 fully saturated rings. The molecule has 0 radical (unpaired) electrons. The molecule has 2 N–H and O–H groups in total. The third kappa shape index (κ3) is 3.43. The van der Waals surface area contributed by atoms with Gasteiger partial charge in [-0.1, -0.05) is 12.1 Å². The van der Waals surface area contributed by atoms with Gasteiger partial charge in [-0.3, -0.25) is 4.90 Å². The van der Waals surface area contributed by atoms with E-state index in [-0.39, 0.29) is 29.9 Å². The SMILES string of the molecule is NC1CC(F)CN([C@@H]2C[C@H](c3ccc(F)cc3)C[C@H]2n2cncn2)C1. The van der Waals surface area contributed by atoms with Crippen molar-refractivity contribution in [1.82, 2.24) is 19.7 Å². The summed E-state index contributed by atoms with van der Waals surface area (Å²) in [5.41, 5.74) is 7.17. The molecule has 1 aromatic heterocycles. The molecule has 4 rings (SSSR count). The number of likely N-dealkylation sites (tertiary alicyclic amines) is 1. The van der Waals surface area contributed by atoms with Crippen molar-refractivity contribution in [3.05, 3.63) is 48.3 Å². The average Bonchev–Trinajstić information content (AvgIpc) is 3.24. The van der Waals surface area contributed by atoms with Crippen molar-refractivity contribution < 1.29 is 8.78 Å². The Morgan fingerprint density at radius 3 is 2.48 bits per heavy atom. The molecular formula is C18H23F2N5. The molecule has 1 aliphatic carbocycles. The van der Waals surface area contributed by atoms with E-state index in [0.29, 0.717) is 19.5 Å². The van der Waals surface area contributed by atoms with E-state index < -0.39 is 6.17 Å². The van der Waals surface area contributed by atoms with E-state index in [4.69, 9.17) is 5.73 Å². The fourth-order valence-corrected chi connectivity index (χ4v) is 4.44. The average molecular weight is 347 g/mol. The van der Waals surface area contributed by atoms with Crippen LogP contribution in [0.4, 0.5) is 8.78 Å². The summed E-state index contributed by atoms with van der Waals surface area (Å²) in [6, 6.07) is 6.84. The number of hydrogen-bond donors (Lipinski definition) is 1. The van der Waals surface area contributed by atoms with Gasteiger partial charge >= 0.3 is 0 Å². The Kier molecular flexibility index (Phi) is 4.52. The molecule has 0 amide bonds. The van der Waals surface area contributed by atoms with E-state index in [9.17, 15) is 8.78 Å². The van der Waals surface area contributed by atoms with Gasteiger partial charge in [0.05, 0.1) is 6.04 Å². The van der Waals surface area contributed by atoms with Gasteiger partial charge in [-0.2, -0.15) is 5.10 Å². The fraction of sp³-hybridized carbons (Fsp3) is 0.556. The quantitative estimate of drug-likeness (QED) is 0.925. The molecule has 1 aromatic carbocycles. The van der Waals surface area contributed by atoms with Crippen LogP contribution in [0.25, 0.3) is 0 Å². The lowest BCUT2D eigenvalue weighted by molar-refractivity contribution is 0.0690. The zero-order chi connectivity index (χ0) is 17.4. The van der Waals surface area contributed by atoms with Gasteiger partial charge in [0, 0.05) is 25.2 Å². The number of piperidine rings is 1. The smallest absolute Gasteiger partial charge is 0.137 e. The molecular weight excluding hydrogens is 324 g/mol. The summed E-state index contributed by atoms with van der Waals surface area (Å²) in [5.74, 6) is 0.0596. The van der Waals surface area contributed by atoms with E-state index in [1.54, 1.807) is 6.33 Å². The van der Waals surface area contributed by atoms with E-state index in [0.717, 1.165) is 18.4 Å². The summed E-state index contributed by atoms with van der Waals surface area (Å²) in [6.45, 7) is 1.12. The van der Waals surface area contributed by atoms with Crippen LogP contribution in [-0.2, 0) is 0 Å². The summed E-state index contributed by atoms with van der Waals surface area (Å²) < 4.78 is 29.2. The Bertz CT molecular complexity index is 680. The summed E-state index contributed by atoms with van der Waals surface area (Å²) in [6.07, 6.45) is 4.56. The van der Waals surface area contributed by atoms with Gasteiger partial charge in [0.1, 0.15) is 24.6 Å². The monoisotopic (exact) mass is 347 g/mol. The van der Waals surface area contributed by atoms with Crippen LogP contribution in [0.15, 0.2) is 36.9 Å². The van der Waals surface area contributed by atoms with Crippen LogP contribution in [-0.4, -0.2) is 51.0 Å². The molecule has 0 bridgehead atoms. The second-order valence-corrected chi connectivity index (χ2v) is 7.28. The van der Waals surface area contributed by atoms with Crippen LogP contribution in [0.1, 0.15) is 36.8 Å². The third-order valence-electron chi connectivity index (χ3n) is 5.54. The van der Waals surface area contributed by atoms with Gasteiger partial charge in [-0.25, -0.2) is 18.4 Å². The number of aromatic nitrogens is 3. The highest BCUT2D eigenvalue weighted by atomic mass is 19.1. The van der Waals surface area contributed by atoms with Crippen molar-refractivity contribution in [3.63, 3.8) is 0 Å². The van der Waals surface area contributed by atoms with Gasteiger partial charge in [0.25, 0.3) is 0 Å². The van der Waals surface area contributed by atoms with Crippen molar-refractivity contribution in [2.45, 2.75) is 49.5 Å². The molecule has 5 nitrogen and oxygen atoms in total. The molecule has 7 heteroatoms. The van der Waals surface area contributed by atoms with Crippen LogP contribution in [0, 0.1) is 5.82 Å². The Labute approximate surface area is 145 Å². The Morgan fingerprint density at radius 1 is 1.04 bits per heavy atom. The van der Waals surface area contributed by atoms with Crippen molar-refractivity contribution in [2.24, 2.45) is 5.73 Å². The van der Waals surface area contributed by atoms with Crippen LogP contribution < -0.4 is 5.73 Å². The number of alkyl halides is 1. The Morgan fingerprint density at radius 2 is 1.80 bits per heavy atom. The van der Waals surface area contributed by atoms with Crippen LogP contribution in [0.3, 0.4) is 0 Å². The highest BCUT2D eigenvalue weighted by Gasteiger charge is 2.42. The summed E-state index contributed by atoms with van der Waals surface area (Å²) in [4.78, 5) is 6.25. The molecule has 2 aromatic rings. The van der Waals surface area contributed by atoms with Crippen LogP contribution in [0.2, 0.25) is 0 Å². The first kappa shape index (κ1) is 16.6. The number of rotatable bonds is 3. The van der Waals surface area contributed by atoms with Crippen molar-refractivity contribution in [3.8, 4) is 0 Å². The van der Waals surface area contributed by atoms with Gasteiger partial charge < -0.3 is 5.73 Å².